The van der Waals surface area contributed by atoms with Gasteiger partial charge in [0.25, 0.3) is 5.91 Å². The van der Waals surface area contributed by atoms with Crippen LogP contribution >= 0.6 is 0 Å². The molecule has 31 heavy (non-hydrogen) atoms. The Hall–Kier alpha value is -3.62. The first-order valence-corrected chi connectivity index (χ1v) is 9.77. The van der Waals surface area contributed by atoms with Crippen LogP contribution in [0.15, 0.2) is 36.5 Å². The normalized spacial score (nSPS) is 13.6. The Morgan fingerprint density at radius 3 is 2.61 bits per heavy atom. The van der Waals surface area contributed by atoms with Crippen molar-refractivity contribution in [2.24, 2.45) is 7.05 Å². The van der Waals surface area contributed by atoms with E-state index in [1.165, 1.54) is 4.68 Å². The molecule has 1 amide bonds. The lowest BCUT2D eigenvalue weighted by Gasteiger charge is -2.26. The molecule has 0 N–H and O–H groups in total. The first-order chi connectivity index (χ1) is 14.8. The van der Waals surface area contributed by atoms with Gasteiger partial charge in [0.15, 0.2) is 17.5 Å². The topological polar surface area (TPSA) is 55.4 Å². The molecule has 9 heteroatoms. The molecule has 3 aromatic heterocycles. The van der Waals surface area contributed by atoms with Gasteiger partial charge in [-0.2, -0.15) is 5.10 Å². The number of nitrogens with zero attached hydrogens (tertiary/aromatic N) is 5. The lowest BCUT2D eigenvalue weighted by molar-refractivity contribution is 0.0725. The van der Waals surface area contributed by atoms with Gasteiger partial charge in [-0.1, -0.05) is 6.07 Å². The molecular formula is C22H18F3N5O. The molecule has 0 spiro atoms. The van der Waals surface area contributed by atoms with Crippen LogP contribution in [0.3, 0.4) is 0 Å². The average molecular weight is 425 g/mol. The van der Waals surface area contributed by atoms with Crippen LogP contribution < -0.4 is 0 Å². The number of fused-ring (bicyclic) bond motifs is 2. The number of imidazole rings is 1. The Balaban J connectivity index is 1.49. The summed E-state index contributed by atoms with van der Waals surface area (Å²) in [4.78, 5) is 19.2. The van der Waals surface area contributed by atoms with Crippen molar-refractivity contribution in [3.05, 3.63) is 76.6 Å². The Kier molecular flexibility index (Phi) is 4.35. The van der Waals surface area contributed by atoms with E-state index in [1.54, 1.807) is 18.1 Å². The summed E-state index contributed by atoms with van der Waals surface area (Å²) in [6, 6.07) is 7.56. The summed E-state index contributed by atoms with van der Waals surface area (Å²) in [6.45, 7) is 2.58. The fourth-order valence-electron chi connectivity index (χ4n) is 4.26. The SMILES string of the molecule is Cc1cccc2ncc(C(=O)N3CCc4c(nn(C)c4-c4cc(F)c(F)c(F)c4)C3)n12. The molecule has 4 heterocycles. The van der Waals surface area contributed by atoms with Gasteiger partial charge >= 0.3 is 0 Å². The maximum atomic E-state index is 13.8. The van der Waals surface area contributed by atoms with Crippen molar-refractivity contribution in [3.8, 4) is 11.3 Å². The van der Waals surface area contributed by atoms with E-state index in [9.17, 15) is 18.0 Å². The van der Waals surface area contributed by atoms with E-state index in [2.05, 4.69) is 10.1 Å². The standard InChI is InChI=1S/C22H18F3N5O/c1-12-4-3-5-19-26-10-18(30(12)19)22(31)29-7-6-14-17(11-29)27-28(2)21(14)13-8-15(23)20(25)16(24)9-13/h3-5,8-10H,6-7,11H2,1-2H3. The number of hydrogen-bond acceptors (Lipinski definition) is 3. The van der Waals surface area contributed by atoms with Crippen molar-refractivity contribution in [1.82, 2.24) is 24.1 Å². The van der Waals surface area contributed by atoms with Gasteiger partial charge in [-0.25, -0.2) is 18.2 Å². The number of carbonyl (C=O) groups is 1. The number of aryl methyl sites for hydroxylation is 2. The zero-order chi connectivity index (χ0) is 21.9. The van der Waals surface area contributed by atoms with Crippen LogP contribution in [-0.4, -0.2) is 36.5 Å². The van der Waals surface area contributed by atoms with Gasteiger partial charge in [-0.15, -0.1) is 0 Å². The number of hydrogen-bond donors (Lipinski definition) is 0. The minimum absolute atomic E-state index is 0.168. The molecule has 0 aliphatic carbocycles. The molecule has 4 aromatic rings. The molecule has 6 nitrogen and oxygen atoms in total. The minimum Gasteiger partial charge on any atom is -0.331 e. The third-order valence-corrected chi connectivity index (χ3v) is 5.69. The molecular weight excluding hydrogens is 407 g/mol. The summed E-state index contributed by atoms with van der Waals surface area (Å²) in [6.07, 6.45) is 2.02. The van der Waals surface area contributed by atoms with Crippen molar-refractivity contribution in [1.29, 1.82) is 0 Å². The molecule has 0 bridgehead atoms. The van der Waals surface area contributed by atoms with Crippen LogP contribution in [0.5, 0.6) is 0 Å². The quantitative estimate of drug-likeness (QED) is 0.461. The second-order valence-corrected chi connectivity index (χ2v) is 7.63. The largest absolute Gasteiger partial charge is 0.331 e. The predicted octanol–water partition coefficient (Wildman–Crippen LogP) is 3.66. The summed E-state index contributed by atoms with van der Waals surface area (Å²) in [5.74, 6) is -4.17. The van der Waals surface area contributed by atoms with Gasteiger partial charge in [-0.3, -0.25) is 13.9 Å². The van der Waals surface area contributed by atoms with Crippen LogP contribution in [0.2, 0.25) is 0 Å². The van der Waals surface area contributed by atoms with Crippen molar-refractivity contribution in [3.63, 3.8) is 0 Å². The zero-order valence-corrected chi connectivity index (χ0v) is 16.9. The fourth-order valence-corrected chi connectivity index (χ4v) is 4.26. The summed E-state index contributed by atoms with van der Waals surface area (Å²) in [7, 11) is 1.66. The molecule has 158 valence electrons. The molecule has 1 aliphatic heterocycles. The first kappa shape index (κ1) is 19.3. The number of pyridine rings is 1. The van der Waals surface area contributed by atoms with E-state index in [4.69, 9.17) is 0 Å². The van der Waals surface area contributed by atoms with Crippen LogP contribution in [0, 0.1) is 24.4 Å². The zero-order valence-electron chi connectivity index (χ0n) is 16.9. The highest BCUT2D eigenvalue weighted by atomic mass is 19.2. The summed E-state index contributed by atoms with van der Waals surface area (Å²) in [5.41, 5.74) is 4.24. The minimum atomic E-state index is -1.50. The Morgan fingerprint density at radius 1 is 1.13 bits per heavy atom. The fraction of sp³-hybridized carbons (Fsp3) is 0.227. The predicted molar refractivity (Wildman–Crippen MR) is 107 cm³/mol. The summed E-state index contributed by atoms with van der Waals surface area (Å²) >= 11 is 0. The molecule has 1 aliphatic rings. The molecule has 0 radical (unpaired) electrons. The number of benzene rings is 1. The number of halogens is 3. The van der Waals surface area contributed by atoms with Crippen molar-refractivity contribution >= 4 is 11.6 Å². The molecule has 1 aromatic carbocycles. The molecule has 5 rings (SSSR count). The molecule has 0 saturated heterocycles. The number of rotatable bonds is 2. The summed E-state index contributed by atoms with van der Waals surface area (Å²) < 4.78 is 44.3. The van der Waals surface area contributed by atoms with Crippen molar-refractivity contribution < 1.29 is 18.0 Å². The van der Waals surface area contributed by atoms with E-state index in [0.29, 0.717) is 35.7 Å². The second kappa shape index (κ2) is 6.97. The third kappa shape index (κ3) is 2.99. The van der Waals surface area contributed by atoms with Gasteiger partial charge in [-0.05, 0) is 37.6 Å². The average Bonchev–Trinajstić information content (AvgIpc) is 3.31. The molecule has 0 atom stereocenters. The van der Waals surface area contributed by atoms with E-state index >= 15 is 0 Å². The maximum absolute atomic E-state index is 13.8. The van der Waals surface area contributed by atoms with Crippen LogP contribution in [0.4, 0.5) is 13.2 Å². The number of amides is 1. The van der Waals surface area contributed by atoms with E-state index in [0.717, 1.165) is 23.4 Å². The Labute approximate surface area is 175 Å². The Morgan fingerprint density at radius 2 is 1.87 bits per heavy atom. The Bertz CT molecular complexity index is 1330. The smallest absolute Gasteiger partial charge is 0.272 e. The van der Waals surface area contributed by atoms with Crippen LogP contribution in [-0.2, 0) is 20.0 Å². The highest BCUT2D eigenvalue weighted by Crippen LogP contribution is 2.32. The summed E-state index contributed by atoms with van der Waals surface area (Å²) in [5, 5.41) is 4.46. The lowest BCUT2D eigenvalue weighted by atomic mass is 9.99. The third-order valence-electron chi connectivity index (χ3n) is 5.69. The van der Waals surface area contributed by atoms with Gasteiger partial charge < -0.3 is 4.90 Å². The van der Waals surface area contributed by atoms with Gasteiger partial charge in [0, 0.05) is 30.4 Å². The van der Waals surface area contributed by atoms with E-state index in [1.807, 2.05) is 29.5 Å². The maximum Gasteiger partial charge on any atom is 0.272 e. The van der Waals surface area contributed by atoms with Gasteiger partial charge in [0.2, 0.25) is 0 Å². The highest BCUT2D eigenvalue weighted by Gasteiger charge is 2.29. The first-order valence-electron chi connectivity index (χ1n) is 9.77. The van der Waals surface area contributed by atoms with E-state index in [-0.39, 0.29) is 18.0 Å². The van der Waals surface area contributed by atoms with Crippen molar-refractivity contribution in [2.45, 2.75) is 19.9 Å². The molecule has 0 saturated carbocycles. The lowest BCUT2D eigenvalue weighted by Crippen LogP contribution is -2.36. The highest BCUT2D eigenvalue weighted by molar-refractivity contribution is 5.93. The van der Waals surface area contributed by atoms with Gasteiger partial charge in [0.05, 0.1) is 24.1 Å². The monoisotopic (exact) mass is 425 g/mol. The number of carbonyl (C=O) groups excluding carboxylic acids is 1. The van der Waals surface area contributed by atoms with Crippen molar-refractivity contribution in [2.75, 3.05) is 6.54 Å². The van der Waals surface area contributed by atoms with Gasteiger partial charge in [0.1, 0.15) is 11.3 Å². The number of aromatic nitrogens is 4. The van der Waals surface area contributed by atoms with Crippen LogP contribution in [0.25, 0.3) is 16.9 Å². The van der Waals surface area contributed by atoms with Crippen LogP contribution in [0.1, 0.15) is 27.4 Å². The second-order valence-electron chi connectivity index (χ2n) is 7.63. The molecule has 0 unspecified atom stereocenters. The molecule has 0 fully saturated rings. The van der Waals surface area contributed by atoms with E-state index < -0.39 is 17.5 Å².